The van der Waals surface area contributed by atoms with Crippen molar-refractivity contribution in [3.63, 3.8) is 0 Å². The van der Waals surface area contributed by atoms with Crippen molar-refractivity contribution in [1.82, 2.24) is 5.06 Å². The van der Waals surface area contributed by atoms with E-state index in [2.05, 4.69) is 0 Å². The van der Waals surface area contributed by atoms with Crippen LogP contribution in [0.15, 0.2) is 48.5 Å². The van der Waals surface area contributed by atoms with E-state index in [1.54, 1.807) is 12.0 Å². The molecule has 1 aliphatic heterocycles. The fourth-order valence-electron chi connectivity index (χ4n) is 2.93. The third-order valence-corrected chi connectivity index (χ3v) is 4.27. The number of hydrogen-bond donors (Lipinski definition) is 0. The maximum absolute atomic E-state index is 13.6. The van der Waals surface area contributed by atoms with E-state index in [9.17, 15) is 17.6 Å². The van der Waals surface area contributed by atoms with E-state index in [0.29, 0.717) is 25.8 Å². The van der Waals surface area contributed by atoms with E-state index in [4.69, 9.17) is 9.57 Å². The molecule has 0 spiro atoms. The molecular formula is C19H19F4NO2. The summed E-state index contributed by atoms with van der Waals surface area (Å²) in [4.78, 5) is 5.89. The summed E-state index contributed by atoms with van der Waals surface area (Å²) in [5.41, 5.74) is 0.0924. The van der Waals surface area contributed by atoms with Crippen molar-refractivity contribution in [2.45, 2.75) is 25.2 Å². The second-order valence-electron chi connectivity index (χ2n) is 6.16. The lowest BCUT2D eigenvalue weighted by molar-refractivity contribution is -0.253. The van der Waals surface area contributed by atoms with Crippen LogP contribution in [0.4, 0.5) is 17.6 Å². The summed E-state index contributed by atoms with van der Waals surface area (Å²) in [7, 11) is 0. The topological polar surface area (TPSA) is 21.7 Å². The molecule has 26 heavy (non-hydrogen) atoms. The molecule has 0 radical (unpaired) electrons. The highest BCUT2D eigenvalue weighted by Crippen LogP contribution is 2.34. The van der Waals surface area contributed by atoms with Gasteiger partial charge in [-0.05, 0) is 36.2 Å². The van der Waals surface area contributed by atoms with Gasteiger partial charge in [0.25, 0.3) is 0 Å². The minimum atomic E-state index is -4.61. The molecule has 1 fully saturated rings. The van der Waals surface area contributed by atoms with Crippen LogP contribution in [0.5, 0.6) is 0 Å². The number of hydroxylamine groups is 2. The van der Waals surface area contributed by atoms with Gasteiger partial charge in [0.2, 0.25) is 0 Å². The fourth-order valence-corrected chi connectivity index (χ4v) is 2.93. The van der Waals surface area contributed by atoms with Crippen molar-refractivity contribution < 1.29 is 27.1 Å². The Morgan fingerprint density at radius 1 is 1.15 bits per heavy atom. The Kier molecular flexibility index (Phi) is 5.60. The number of alkyl halides is 3. The van der Waals surface area contributed by atoms with Crippen molar-refractivity contribution in [3.05, 3.63) is 71.0 Å². The first-order valence-corrected chi connectivity index (χ1v) is 8.28. The van der Waals surface area contributed by atoms with E-state index in [1.807, 2.05) is 30.3 Å². The first-order chi connectivity index (χ1) is 12.3. The van der Waals surface area contributed by atoms with Gasteiger partial charge >= 0.3 is 6.18 Å². The minimum Gasteiger partial charge on any atom is -0.378 e. The zero-order valence-electron chi connectivity index (χ0n) is 14.2. The molecule has 3 rings (SSSR count). The molecule has 1 aliphatic rings. The van der Waals surface area contributed by atoms with Crippen LogP contribution in [0.1, 0.15) is 35.8 Å². The van der Waals surface area contributed by atoms with Gasteiger partial charge < -0.3 is 4.74 Å². The maximum Gasteiger partial charge on any atom is 0.416 e. The van der Waals surface area contributed by atoms with Crippen molar-refractivity contribution in [2.24, 2.45) is 0 Å². The second kappa shape index (κ2) is 7.73. The quantitative estimate of drug-likeness (QED) is 0.715. The van der Waals surface area contributed by atoms with E-state index < -0.39 is 23.7 Å². The van der Waals surface area contributed by atoms with Crippen molar-refractivity contribution in [2.75, 3.05) is 19.8 Å². The van der Waals surface area contributed by atoms with Gasteiger partial charge in [0.15, 0.2) is 0 Å². The van der Waals surface area contributed by atoms with E-state index >= 15 is 0 Å². The number of halogens is 4. The number of nitrogens with zero attached hydrogens (tertiary/aromatic N) is 1. The highest BCUT2D eigenvalue weighted by molar-refractivity contribution is 5.28. The molecule has 0 unspecified atom stereocenters. The maximum atomic E-state index is 13.6. The summed E-state index contributed by atoms with van der Waals surface area (Å²) >= 11 is 0. The first kappa shape index (κ1) is 18.8. The largest absolute Gasteiger partial charge is 0.416 e. The van der Waals surface area contributed by atoms with E-state index in [-0.39, 0.29) is 11.6 Å². The molecule has 0 amide bonds. The Hall–Kier alpha value is -1.96. The summed E-state index contributed by atoms with van der Waals surface area (Å²) in [6, 6.07) is 11.9. The van der Waals surface area contributed by atoms with Crippen LogP contribution in [0.25, 0.3) is 0 Å². The second-order valence-corrected chi connectivity index (χ2v) is 6.16. The molecule has 140 valence electrons. The van der Waals surface area contributed by atoms with Gasteiger partial charge in [-0.2, -0.15) is 18.2 Å². The Balaban J connectivity index is 1.80. The lowest BCUT2D eigenvalue weighted by Crippen LogP contribution is -2.40. The number of rotatable bonds is 4. The molecule has 2 aromatic rings. The third kappa shape index (κ3) is 4.41. The van der Waals surface area contributed by atoms with Gasteiger partial charge in [0.05, 0.1) is 24.8 Å². The zero-order valence-corrected chi connectivity index (χ0v) is 14.2. The van der Waals surface area contributed by atoms with Gasteiger partial charge in [-0.15, -0.1) is 0 Å². The van der Waals surface area contributed by atoms with Crippen LogP contribution in [0.2, 0.25) is 0 Å². The van der Waals surface area contributed by atoms with Crippen molar-refractivity contribution in [1.29, 1.82) is 0 Å². The highest BCUT2D eigenvalue weighted by Gasteiger charge is 2.33. The molecule has 7 heteroatoms. The molecule has 0 aromatic heterocycles. The number of ether oxygens (including phenoxy) is 1. The molecular weight excluding hydrogens is 350 g/mol. The molecule has 0 saturated carbocycles. The molecule has 1 saturated heterocycles. The van der Waals surface area contributed by atoms with Gasteiger partial charge in [0, 0.05) is 6.54 Å². The summed E-state index contributed by atoms with van der Waals surface area (Å²) in [6.07, 6.45) is -5.35. The number of benzene rings is 2. The number of hydrogen-bond acceptors (Lipinski definition) is 3. The van der Waals surface area contributed by atoms with Crippen molar-refractivity contribution >= 4 is 0 Å². The minimum absolute atomic E-state index is 0.135. The van der Waals surface area contributed by atoms with Crippen LogP contribution in [0.3, 0.4) is 0 Å². The average Bonchev–Trinajstić information content (AvgIpc) is 2.61. The lowest BCUT2D eigenvalue weighted by Gasteiger charge is -2.36. The average molecular weight is 369 g/mol. The summed E-state index contributed by atoms with van der Waals surface area (Å²) in [6.45, 7) is 2.93. The normalized spacial score (nSPS) is 20.1. The van der Waals surface area contributed by atoms with Crippen LogP contribution < -0.4 is 0 Å². The predicted octanol–water partition coefficient (Wildman–Crippen LogP) is 4.91. The van der Waals surface area contributed by atoms with E-state index in [0.717, 1.165) is 17.7 Å². The van der Waals surface area contributed by atoms with Gasteiger partial charge in [-0.3, -0.25) is 4.84 Å². The zero-order chi connectivity index (χ0) is 18.7. The highest BCUT2D eigenvalue weighted by atomic mass is 19.4. The van der Waals surface area contributed by atoms with Crippen LogP contribution in [-0.4, -0.2) is 24.8 Å². The van der Waals surface area contributed by atoms with Crippen LogP contribution in [0, 0.1) is 5.82 Å². The van der Waals surface area contributed by atoms with Gasteiger partial charge in [0.1, 0.15) is 11.9 Å². The molecule has 2 aromatic carbocycles. The summed E-state index contributed by atoms with van der Waals surface area (Å²) in [5, 5.41) is 1.70. The Bertz CT molecular complexity index is 736. The van der Waals surface area contributed by atoms with Crippen LogP contribution >= 0.6 is 0 Å². The van der Waals surface area contributed by atoms with Gasteiger partial charge in [-0.25, -0.2) is 4.39 Å². The molecule has 2 atom stereocenters. The molecule has 1 heterocycles. The smallest absolute Gasteiger partial charge is 0.378 e. The van der Waals surface area contributed by atoms with E-state index in [1.165, 1.54) is 0 Å². The molecule has 0 bridgehead atoms. The SMILES string of the molecule is C[C@@H](ON1CCOC[C@@H]1c1ccccc1)c1cc(F)cc(C(F)(F)F)c1. The Labute approximate surface area is 149 Å². The summed E-state index contributed by atoms with van der Waals surface area (Å²) < 4.78 is 57.9. The van der Waals surface area contributed by atoms with Crippen molar-refractivity contribution in [3.8, 4) is 0 Å². The van der Waals surface area contributed by atoms with Crippen LogP contribution in [-0.2, 0) is 15.8 Å². The molecule has 0 N–H and O–H groups in total. The lowest BCUT2D eigenvalue weighted by atomic mass is 10.1. The fraction of sp³-hybridized carbons (Fsp3) is 0.368. The number of morpholine rings is 1. The first-order valence-electron chi connectivity index (χ1n) is 8.28. The standard InChI is InChI=1S/C19H19F4NO2/c1-13(15-9-16(19(21,22)23)11-17(20)10-15)26-24-7-8-25-12-18(24)14-5-3-2-4-6-14/h2-6,9-11,13,18H,7-8,12H2,1H3/t13-,18-/m1/s1. The van der Waals surface area contributed by atoms with Gasteiger partial charge in [-0.1, -0.05) is 30.3 Å². The summed E-state index contributed by atoms with van der Waals surface area (Å²) in [5.74, 6) is -0.938. The third-order valence-electron chi connectivity index (χ3n) is 4.27. The molecule has 0 aliphatic carbocycles. The Morgan fingerprint density at radius 3 is 2.58 bits per heavy atom. The predicted molar refractivity (Wildman–Crippen MR) is 87.6 cm³/mol. The monoisotopic (exact) mass is 369 g/mol. The Morgan fingerprint density at radius 2 is 1.88 bits per heavy atom. The molecule has 3 nitrogen and oxygen atoms in total.